The molecule has 0 radical (unpaired) electrons. The van der Waals surface area contributed by atoms with Gasteiger partial charge in [-0.1, -0.05) is 12.1 Å². The summed E-state index contributed by atoms with van der Waals surface area (Å²) in [6.07, 6.45) is 3.00. The molecule has 0 fully saturated rings. The predicted octanol–water partition coefficient (Wildman–Crippen LogP) is 4.14. The van der Waals surface area contributed by atoms with Crippen LogP contribution < -0.4 is 9.47 Å². The number of aryl methyl sites for hydroxylation is 1. The third-order valence-corrected chi connectivity index (χ3v) is 5.11. The van der Waals surface area contributed by atoms with E-state index in [4.69, 9.17) is 14.2 Å². The Morgan fingerprint density at radius 2 is 1.79 bits per heavy atom. The molecule has 0 spiro atoms. The summed E-state index contributed by atoms with van der Waals surface area (Å²) < 4.78 is 16.1. The Balaban J connectivity index is 1.59. The maximum Gasteiger partial charge on any atom is 0.331 e. The maximum absolute atomic E-state index is 12.6. The number of H-pyrrole nitrogens is 1. The van der Waals surface area contributed by atoms with Crippen LogP contribution in [0.3, 0.4) is 0 Å². The Bertz CT molecular complexity index is 1150. The van der Waals surface area contributed by atoms with Crippen LogP contribution in [0.5, 0.6) is 11.5 Å². The summed E-state index contributed by atoms with van der Waals surface area (Å²) in [6, 6.07) is 12.7. The highest BCUT2D eigenvalue weighted by atomic mass is 16.5. The molecular weight excluding hydrogens is 420 g/mol. The number of carbonyl (C=O) groups is 2. The maximum atomic E-state index is 12.6. The number of hydrogen-bond acceptors (Lipinski definition) is 6. The summed E-state index contributed by atoms with van der Waals surface area (Å²) >= 11 is 0. The summed E-state index contributed by atoms with van der Waals surface area (Å²) in [4.78, 5) is 29.7. The second-order valence-corrected chi connectivity index (χ2v) is 8.20. The van der Waals surface area contributed by atoms with E-state index in [1.54, 1.807) is 37.5 Å². The van der Waals surface area contributed by atoms with Gasteiger partial charge >= 0.3 is 11.9 Å². The van der Waals surface area contributed by atoms with Gasteiger partial charge in [-0.2, -0.15) is 0 Å². The van der Waals surface area contributed by atoms with Gasteiger partial charge in [0, 0.05) is 29.2 Å². The number of aromatic nitrogens is 1. The SMILES string of the molecule is COc1ccc2[nH]c(C)c(CC(=O)Oc3ccc(C=CC(=O)OC(C)CN(C)C)cc3)c2c1. The molecule has 0 aliphatic rings. The van der Waals surface area contributed by atoms with Gasteiger partial charge in [-0.15, -0.1) is 0 Å². The third kappa shape index (κ3) is 6.70. The molecule has 1 N–H and O–H groups in total. The topological polar surface area (TPSA) is 80.9 Å². The summed E-state index contributed by atoms with van der Waals surface area (Å²) in [5, 5.41) is 0.941. The standard InChI is InChI=1S/C26H30N2O5/c1-17(16-28(3)4)32-25(29)13-8-19-6-9-20(10-7-19)33-26(30)15-22-18(2)27-24-12-11-21(31-5)14-23(22)24/h6-14,17,27H,15-16H2,1-5H3. The van der Waals surface area contributed by atoms with Gasteiger partial charge in [0.1, 0.15) is 17.6 Å². The fourth-order valence-corrected chi connectivity index (χ4v) is 3.63. The lowest BCUT2D eigenvalue weighted by molar-refractivity contribution is -0.142. The summed E-state index contributed by atoms with van der Waals surface area (Å²) in [6.45, 7) is 4.44. The lowest BCUT2D eigenvalue weighted by atomic mass is 10.1. The largest absolute Gasteiger partial charge is 0.497 e. The minimum atomic E-state index is -0.398. The number of benzene rings is 2. The summed E-state index contributed by atoms with van der Waals surface area (Å²) in [5.74, 6) is 0.416. The van der Waals surface area contributed by atoms with Crippen LogP contribution in [0.1, 0.15) is 23.7 Å². The number of fused-ring (bicyclic) bond motifs is 1. The number of methoxy groups -OCH3 is 1. The van der Waals surface area contributed by atoms with E-state index in [2.05, 4.69) is 4.98 Å². The fraction of sp³-hybridized carbons (Fsp3) is 0.308. The third-order valence-electron chi connectivity index (χ3n) is 5.11. The van der Waals surface area contributed by atoms with Gasteiger partial charge in [0.15, 0.2) is 0 Å². The van der Waals surface area contributed by atoms with Crippen LogP contribution in [0.25, 0.3) is 17.0 Å². The zero-order valence-electron chi connectivity index (χ0n) is 19.7. The first-order valence-corrected chi connectivity index (χ1v) is 10.7. The molecule has 7 heteroatoms. The van der Waals surface area contributed by atoms with Gasteiger partial charge in [-0.25, -0.2) is 4.79 Å². The van der Waals surface area contributed by atoms with Crippen LogP contribution in [0.15, 0.2) is 48.5 Å². The molecule has 0 aliphatic heterocycles. The second-order valence-electron chi connectivity index (χ2n) is 8.20. The van der Waals surface area contributed by atoms with Crippen molar-refractivity contribution in [2.75, 3.05) is 27.7 Å². The number of rotatable bonds is 9. The van der Waals surface area contributed by atoms with Gasteiger partial charge in [0.05, 0.1) is 13.5 Å². The number of nitrogens with one attached hydrogen (secondary N) is 1. The van der Waals surface area contributed by atoms with Gasteiger partial charge in [0.25, 0.3) is 0 Å². The van der Waals surface area contributed by atoms with Crippen molar-refractivity contribution in [3.05, 3.63) is 65.4 Å². The first-order valence-electron chi connectivity index (χ1n) is 10.7. The Morgan fingerprint density at radius 3 is 2.45 bits per heavy atom. The van der Waals surface area contributed by atoms with E-state index in [0.717, 1.165) is 33.5 Å². The van der Waals surface area contributed by atoms with E-state index in [1.807, 2.05) is 51.0 Å². The lowest BCUT2D eigenvalue weighted by Crippen LogP contribution is -2.27. The Morgan fingerprint density at radius 1 is 1.09 bits per heavy atom. The summed E-state index contributed by atoms with van der Waals surface area (Å²) in [7, 11) is 5.46. The number of esters is 2. The highest BCUT2D eigenvalue weighted by Gasteiger charge is 2.15. The fourth-order valence-electron chi connectivity index (χ4n) is 3.63. The van der Waals surface area contributed by atoms with Crippen molar-refractivity contribution in [2.45, 2.75) is 26.4 Å². The Labute approximate surface area is 193 Å². The van der Waals surface area contributed by atoms with E-state index in [1.165, 1.54) is 6.08 Å². The van der Waals surface area contributed by atoms with Crippen molar-refractivity contribution >= 4 is 28.9 Å². The average Bonchev–Trinajstić information content (AvgIpc) is 3.06. The van der Waals surface area contributed by atoms with Crippen LogP contribution in [0.4, 0.5) is 0 Å². The number of carbonyl (C=O) groups excluding carboxylic acids is 2. The highest BCUT2D eigenvalue weighted by Crippen LogP contribution is 2.27. The van der Waals surface area contributed by atoms with E-state index >= 15 is 0 Å². The van der Waals surface area contributed by atoms with Gasteiger partial charge in [-0.3, -0.25) is 4.79 Å². The molecule has 1 heterocycles. The molecule has 0 bridgehead atoms. The zero-order valence-corrected chi connectivity index (χ0v) is 19.7. The second kappa shape index (κ2) is 10.8. The Hall–Kier alpha value is -3.58. The first-order chi connectivity index (χ1) is 15.7. The molecule has 1 atom stereocenters. The van der Waals surface area contributed by atoms with Crippen LogP contribution in [0, 0.1) is 6.92 Å². The molecular formula is C26H30N2O5. The molecule has 174 valence electrons. The molecule has 0 saturated carbocycles. The number of nitrogens with zero attached hydrogens (tertiary/aromatic N) is 1. The van der Waals surface area contributed by atoms with Crippen molar-refractivity contribution in [3.63, 3.8) is 0 Å². The molecule has 33 heavy (non-hydrogen) atoms. The van der Waals surface area contributed by atoms with Crippen molar-refractivity contribution in [1.82, 2.24) is 9.88 Å². The molecule has 0 saturated heterocycles. The van der Waals surface area contributed by atoms with Crippen LogP contribution in [0.2, 0.25) is 0 Å². The molecule has 1 aromatic heterocycles. The van der Waals surface area contributed by atoms with E-state index in [-0.39, 0.29) is 18.5 Å². The van der Waals surface area contributed by atoms with Crippen molar-refractivity contribution in [3.8, 4) is 11.5 Å². The number of ether oxygens (including phenoxy) is 3. The monoisotopic (exact) mass is 450 g/mol. The number of hydrogen-bond donors (Lipinski definition) is 1. The number of likely N-dealkylation sites (N-methyl/N-ethyl adjacent to an activating group) is 1. The zero-order chi connectivity index (χ0) is 24.0. The highest BCUT2D eigenvalue weighted by molar-refractivity contribution is 5.90. The molecule has 2 aromatic carbocycles. The van der Waals surface area contributed by atoms with Crippen LogP contribution in [-0.2, 0) is 20.7 Å². The van der Waals surface area contributed by atoms with E-state index in [9.17, 15) is 9.59 Å². The van der Waals surface area contributed by atoms with Crippen molar-refractivity contribution < 1.29 is 23.8 Å². The van der Waals surface area contributed by atoms with Gasteiger partial charge in [0.2, 0.25) is 0 Å². The molecule has 0 aliphatic carbocycles. The average molecular weight is 451 g/mol. The molecule has 7 nitrogen and oxygen atoms in total. The lowest BCUT2D eigenvalue weighted by Gasteiger charge is -2.16. The van der Waals surface area contributed by atoms with Crippen LogP contribution in [-0.4, -0.2) is 55.7 Å². The van der Waals surface area contributed by atoms with Gasteiger partial charge in [-0.05, 0) is 75.5 Å². The smallest absolute Gasteiger partial charge is 0.331 e. The minimum Gasteiger partial charge on any atom is -0.497 e. The summed E-state index contributed by atoms with van der Waals surface area (Å²) in [5.41, 5.74) is 3.55. The minimum absolute atomic E-state index is 0.137. The Kier molecular flexibility index (Phi) is 7.90. The van der Waals surface area contributed by atoms with Gasteiger partial charge < -0.3 is 24.1 Å². The molecule has 0 amide bonds. The first kappa shape index (κ1) is 24.1. The number of aromatic amines is 1. The normalized spacial score (nSPS) is 12.3. The predicted molar refractivity (Wildman–Crippen MR) is 129 cm³/mol. The molecule has 3 rings (SSSR count). The van der Waals surface area contributed by atoms with E-state index in [0.29, 0.717) is 12.3 Å². The molecule has 1 unspecified atom stereocenters. The van der Waals surface area contributed by atoms with Crippen molar-refractivity contribution in [2.24, 2.45) is 0 Å². The molecule has 3 aromatic rings. The van der Waals surface area contributed by atoms with Crippen molar-refractivity contribution in [1.29, 1.82) is 0 Å². The van der Waals surface area contributed by atoms with E-state index < -0.39 is 5.97 Å². The quantitative estimate of drug-likeness (QED) is 0.300. The van der Waals surface area contributed by atoms with Crippen LogP contribution >= 0.6 is 0 Å².